The van der Waals surface area contributed by atoms with E-state index >= 15 is 0 Å². The zero-order valence-corrected chi connectivity index (χ0v) is 7.03. The fourth-order valence-electron chi connectivity index (χ4n) is 0.651. The van der Waals surface area contributed by atoms with Crippen LogP contribution in [0.15, 0.2) is 12.7 Å². The molecule has 0 fully saturated rings. The van der Waals surface area contributed by atoms with E-state index in [1.807, 2.05) is 6.08 Å². The minimum Gasteiger partial charge on any atom is -0.305 e. The summed E-state index contributed by atoms with van der Waals surface area (Å²) in [7, 11) is 0. The monoisotopic (exact) mass is 165 g/mol. The zero-order valence-electron chi connectivity index (χ0n) is 6.21. The molecule has 0 aliphatic heterocycles. The van der Waals surface area contributed by atoms with E-state index < -0.39 is 0 Å². The van der Waals surface area contributed by atoms with Crippen molar-refractivity contribution in [1.82, 2.24) is 0 Å². The van der Waals surface area contributed by atoms with Crippen molar-refractivity contribution < 1.29 is 4.84 Å². The van der Waals surface area contributed by atoms with Gasteiger partial charge in [0.15, 0.2) is 0 Å². The minimum absolute atomic E-state index is 0. The van der Waals surface area contributed by atoms with Gasteiger partial charge in [-0.3, -0.25) is 0 Å². The quantitative estimate of drug-likeness (QED) is 0.372. The smallest absolute Gasteiger partial charge is 0.0679 e. The third kappa shape index (κ3) is 10.8. The Kier molecular flexibility index (Phi) is 14.8. The first-order valence-corrected chi connectivity index (χ1v) is 3.34. The SMILES string of the molecule is C=CCCCCCON.Cl. The van der Waals surface area contributed by atoms with E-state index in [1.165, 1.54) is 12.8 Å². The molecule has 3 heteroatoms. The summed E-state index contributed by atoms with van der Waals surface area (Å²) in [5.74, 6) is 4.82. The highest BCUT2D eigenvalue weighted by Crippen LogP contribution is 1.98. The van der Waals surface area contributed by atoms with Crippen LogP contribution in [0.3, 0.4) is 0 Å². The maximum absolute atomic E-state index is 4.82. The lowest BCUT2D eigenvalue weighted by molar-refractivity contribution is 0.133. The van der Waals surface area contributed by atoms with Gasteiger partial charge in [0.05, 0.1) is 6.61 Å². The lowest BCUT2D eigenvalue weighted by Gasteiger charge is -1.95. The summed E-state index contributed by atoms with van der Waals surface area (Å²) in [6.45, 7) is 4.30. The average molecular weight is 166 g/mol. The fraction of sp³-hybridized carbons (Fsp3) is 0.714. The molecule has 0 atom stereocenters. The molecule has 0 amide bonds. The van der Waals surface area contributed by atoms with Crippen LogP contribution >= 0.6 is 12.4 Å². The standard InChI is InChI=1S/C7H15NO.ClH/c1-2-3-4-5-6-7-9-8;/h2H,1,3-8H2;1H. The van der Waals surface area contributed by atoms with Gasteiger partial charge in [0.25, 0.3) is 0 Å². The van der Waals surface area contributed by atoms with Crippen LogP contribution in [0.1, 0.15) is 25.7 Å². The summed E-state index contributed by atoms with van der Waals surface area (Å²) in [4.78, 5) is 4.40. The Morgan fingerprint density at radius 3 is 2.50 bits per heavy atom. The Labute approximate surface area is 68.8 Å². The van der Waals surface area contributed by atoms with Crippen LogP contribution in [0.2, 0.25) is 0 Å². The largest absolute Gasteiger partial charge is 0.305 e. The van der Waals surface area contributed by atoms with Crippen LogP contribution in [-0.4, -0.2) is 6.61 Å². The van der Waals surface area contributed by atoms with Gasteiger partial charge >= 0.3 is 0 Å². The van der Waals surface area contributed by atoms with E-state index in [0.29, 0.717) is 6.61 Å². The molecule has 2 N–H and O–H groups in total. The summed E-state index contributed by atoms with van der Waals surface area (Å²) in [5.41, 5.74) is 0. The van der Waals surface area contributed by atoms with Crippen LogP contribution in [0.4, 0.5) is 0 Å². The number of halogens is 1. The van der Waals surface area contributed by atoms with Gasteiger partial charge in [-0.05, 0) is 19.3 Å². The Morgan fingerprint density at radius 2 is 2.00 bits per heavy atom. The Morgan fingerprint density at radius 1 is 1.30 bits per heavy atom. The normalized spacial score (nSPS) is 8.50. The number of hydrogen-bond acceptors (Lipinski definition) is 2. The van der Waals surface area contributed by atoms with Crippen LogP contribution in [0, 0.1) is 0 Å². The summed E-state index contributed by atoms with van der Waals surface area (Å²) < 4.78 is 0. The highest BCUT2D eigenvalue weighted by atomic mass is 35.5. The van der Waals surface area contributed by atoms with Gasteiger partial charge in [0.2, 0.25) is 0 Å². The molecule has 0 aromatic carbocycles. The van der Waals surface area contributed by atoms with E-state index in [-0.39, 0.29) is 12.4 Å². The molecule has 0 aliphatic rings. The van der Waals surface area contributed by atoms with E-state index in [9.17, 15) is 0 Å². The van der Waals surface area contributed by atoms with Gasteiger partial charge < -0.3 is 4.84 Å². The van der Waals surface area contributed by atoms with Crippen LogP contribution in [0.25, 0.3) is 0 Å². The van der Waals surface area contributed by atoms with Crippen molar-refractivity contribution in [2.45, 2.75) is 25.7 Å². The zero-order chi connectivity index (χ0) is 6.95. The number of nitrogens with two attached hydrogens (primary N) is 1. The molecule has 0 aromatic heterocycles. The molecule has 10 heavy (non-hydrogen) atoms. The molecule has 0 saturated carbocycles. The maximum Gasteiger partial charge on any atom is 0.0679 e. The van der Waals surface area contributed by atoms with Crippen molar-refractivity contribution in [3.63, 3.8) is 0 Å². The van der Waals surface area contributed by atoms with Gasteiger partial charge in [0, 0.05) is 0 Å². The fourth-order valence-corrected chi connectivity index (χ4v) is 0.651. The molecule has 0 bridgehead atoms. The summed E-state index contributed by atoms with van der Waals surface area (Å²) in [6, 6.07) is 0. The first-order chi connectivity index (χ1) is 4.41. The van der Waals surface area contributed by atoms with E-state index in [4.69, 9.17) is 5.90 Å². The van der Waals surface area contributed by atoms with E-state index in [0.717, 1.165) is 12.8 Å². The number of unbranched alkanes of at least 4 members (excludes halogenated alkanes) is 3. The predicted molar refractivity (Wildman–Crippen MR) is 46.1 cm³/mol. The second-order valence-corrected chi connectivity index (χ2v) is 2.01. The van der Waals surface area contributed by atoms with E-state index in [2.05, 4.69) is 11.4 Å². The molecule has 0 saturated heterocycles. The lowest BCUT2D eigenvalue weighted by Crippen LogP contribution is -1.99. The van der Waals surface area contributed by atoms with Gasteiger partial charge in [-0.25, -0.2) is 5.90 Å². The highest BCUT2D eigenvalue weighted by Gasteiger charge is 1.84. The molecule has 62 valence electrons. The minimum atomic E-state index is 0. The van der Waals surface area contributed by atoms with Crippen molar-refractivity contribution >= 4 is 12.4 Å². The van der Waals surface area contributed by atoms with Gasteiger partial charge in [-0.15, -0.1) is 19.0 Å². The topological polar surface area (TPSA) is 35.2 Å². The molecule has 0 spiro atoms. The Balaban J connectivity index is 0. The third-order valence-corrected chi connectivity index (χ3v) is 1.17. The number of allylic oxidation sites excluding steroid dienone is 1. The molecule has 0 aliphatic carbocycles. The van der Waals surface area contributed by atoms with E-state index in [1.54, 1.807) is 0 Å². The molecule has 0 heterocycles. The lowest BCUT2D eigenvalue weighted by atomic mass is 10.2. The molecular weight excluding hydrogens is 150 g/mol. The number of rotatable bonds is 6. The Bertz CT molecular complexity index is 68.6. The van der Waals surface area contributed by atoms with Crippen LogP contribution < -0.4 is 5.90 Å². The average Bonchev–Trinajstić information content (AvgIpc) is 1.89. The van der Waals surface area contributed by atoms with Crippen molar-refractivity contribution in [1.29, 1.82) is 0 Å². The van der Waals surface area contributed by atoms with Crippen LogP contribution in [-0.2, 0) is 4.84 Å². The second kappa shape index (κ2) is 11.7. The van der Waals surface area contributed by atoms with Gasteiger partial charge in [-0.1, -0.05) is 12.5 Å². The first kappa shape index (κ1) is 12.6. The molecule has 0 radical (unpaired) electrons. The van der Waals surface area contributed by atoms with Gasteiger partial charge in [-0.2, -0.15) is 0 Å². The van der Waals surface area contributed by atoms with Crippen molar-refractivity contribution in [3.8, 4) is 0 Å². The number of hydrogen-bond donors (Lipinski definition) is 1. The Hall–Kier alpha value is -0.0500. The molecule has 0 unspecified atom stereocenters. The second-order valence-electron chi connectivity index (χ2n) is 2.01. The molecular formula is C7H16ClNO. The summed E-state index contributed by atoms with van der Waals surface area (Å²) >= 11 is 0. The molecule has 0 rings (SSSR count). The van der Waals surface area contributed by atoms with Gasteiger partial charge in [0.1, 0.15) is 0 Å². The third-order valence-electron chi connectivity index (χ3n) is 1.17. The van der Waals surface area contributed by atoms with Crippen LogP contribution in [0.5, 0.6) is 0 Å². The highest BCUT2D eigenvalue weighted by molar-refractivity contribution is 5.85. The van der Waals surface area contributed by atoms with Crippen molar-refractivity contribution in [2.24, 2.45) is 5.90 Å². The summed E-state index contributed by atoms with van der Waals surface area (Å²) in [6.07, 6.45) is 6.48. The predicted octanol–water partition coefficient (Wildman–Crippen LogP) is 2.04. The van der Waals surface area contributed by atoms with Crippen molar-refractivity contribution in [3.05, 3.63) is 12.7 Å². The summed E-state index contributed by atoms with van der Waals surface area (Å²) in [5, 5.41) is 0. The molecule has 2 nitrogen and oxygen atoms in total. The van der Waals surface area contributed by atoms with Crippen molar-refractivity contribution in [2.75, 3.05) is 6.61 Å². The first-order valence-electron chi connectivity index (χ1n) is 3.34. The maximum atomic E-state index is 4.82. The molecule has 0 aromatic rings.